The second-order valence-electron chi connectivity index (χ2n) is 5.58. The molecule has 0 heterocycles. The largest absolute Gasteiger partial charge is 0.360 e. The maximum atomic E-state index is 5.87. The highest BCUT2D eigenvalue weighted by molar-refractivity contribution is 7.80. The van der Waals surface area contributed by atoms with Crippen LogP contribution in [-0.2, 0) is 6.54 Å². The van der Waals surface area contributed by atoms with Crippen LogP contribution in [0.2, 0.25) is 5.02 Å². The summed E-state index contributed by atoms with van der Waals surface area (Å²) in [6.07, 6.45) is 6.44. The summed E-state index contributed by atoms with van der Waals surface area (Å²) in [6, 6.07) is 8.39. The summed E-state index contributed by atoms with van der Waals surface area (Å²) in [5, 5.41) is 8.24. The third-order valence-corrected chi connectivity index (χ3v) is 4.64. The van der Waals surface area contributed by atoms with Gasteiger partial charge in [-0.3, -0.25) is 0 Å². The summed E-state index contributed by atoms with van der Waals surface area (Å²) >= 11 is 11.2. The Morgan fingerprint density at radius 3 is 2.45 bits per heavy atom. The molecule has 1 saturated carbocycles. The standard InChI is InChI=1S/C16H23ClN2S/c1-2-12-5-9-15(10-6-12)19-16(20)18-11-13-3-7-14(17)8-4-13/h3-4,7-8,12,15H,2,5-6,9-11H2,1H3,(H2,18,19,20). The van der Waals surface area contributed by atoms with Crippen molar-refractivity contribution in [3.8, 4) is 0 Å². The van der Waals surface area contributed by atoms with Gasteiger partial charge in [0.05, 0.1) is 0 Å². The van der Waals surface area contributed by atoms with E-state index < -0.39 is 0 Å². The van der Waals surface area contributed by atoms with Crippen LogP contribution >= 0.6 is 23.8 Å². The molecule has 0 aromatic heterocycles. The van der Waals surface area contributed by atoms with E-state index in [1.54, 1.807) is 0 Å². The minimum Gasteiger partial charge on any atom is -0.360 e. The first-order chi connectivity index (χ1) is 9.67. The van der Waals surface area contributed by atoms with Gasteiger partial charge in [-0.15, -0.1) is 0 Å². The van der Waals surface area contributed by atoms with Crippen molar-refractivity contribution in [1.82, 2.24) is 10.6 Å². The number of thiocarbonyl (C=S) groups is 1. The molecule has 20 heavy (non-hydrogen) atoms. The maximum Gasteiger partial charge on any atom is 0.166 e. The quantitative estimate of drug-likeness (QED) is 0.812. The van der Waals surface area contributed by atoms with Crippen molar-refractivity contribution >= 4 is 28.9 Å². The Hall–Kier alpha value is -0.800. The molecule has 0 bridgehead atoms. The molecule has 1 aromatic carbocycles. The van der Waals surface area contributed by atoms with Gasteiger partial charge in [-0.25, -0.2) is 0 Å². The summed E-state index contributed by atoms with van der Waals surface area (Å²) in [5.74, 6) is 0.920. The lowest BCUT2D eigenvalue weighted by Gasteiger charge is -2.29. The number of rotatable bonds is 4. The smallest absolute Gasteiger partial charge is 0.166 e. The van der Waals surface area contributed by atoms with Gasteiger partial charge >= 0.3 is 0 Å². The predicted octanol–water partition coefficient (Wildman–Crippen LogP) is 4.27. The minimum atomic E-state index is 0.544. The fourth-order valence-electron chi connectivity index (χ4n) is 2.74. The second-order valence-corrected chi connectivity index (χ2v) is 6.42. The van der Waals surface area contributed by atoms with E-state index in [2.05, 4.69) is 17.6 Å². The Bertz CT molecular complexity index is 425. The molecule has 110 valence electrons. The number of nitrogens with one attached hydrogen (secondary N) is 2. The molecule has 0 unspecified atom stereocenters. The van der Waals surface area contributed by atoms with Gasteiger partial charge in [0.2, 0.25) is 0 Å². The second kappa shape index (κ2) is 7.84. The molecule has 1 aliphatic carbocycles. The third-order valence-electron chi connectivity index (χ3n) is 4.13. The molecule has 1 aliphatic rings. The summed E-state index contributed by atoms with van der Waals surface area (Å²) in [5.41, 5.74) is 1.19. The predicted molar refractivity (Wildman–Crippen MR) is 90.1 cm³/mol. The molecule has 0 saturated heterocycles. The number of hydrogen-bond donors (Lipinski definition) is 2. The molecule has 1 fully saturated rings. The van der Waals surface area contributed by atoms with Crippen LogP contribution < -0.4 is 10.6 Å². The van der Waals surface area contributed by atoms with Crippen LogP contribution in [0.15, 0.2) is 24.3 Å². The van der Waals surface area contributed by atoms with Gasteiger partial charge in [-0.2, -0.15) is 0 Å². The maximum absolute atomic E-state index is 5.87. The minimum absolute atomic E-state index is 0.544. The topological polar surface area (TPSA) is 24.1 Å². The third kappa shape index (κ3) is 4.95. The molecule has 2 N–H and O–H groups in total. The zero-order chi connectivity index (χ0) is 14.4. The van der Waals surface area contributed by atoms with Crippen molar-refractivity contribution in [2.75, 3.05) is 0 Å². The summed E-state index contributed by atoms with van der Waals surface area (Å²) in [6.45, 7) is 3.03. The van der Waals surface area contributed by atoms with Crippen LogP contribution in [0.5, 0.6) is 0 Å². The molecule has 0 aliphatic heterocycles. The van der Waals surface area contributed by atoms with Gasteiger partial charge in [0.1, 0.15) is 0 Å². The van der Waals surface area contributed by atoms with E-state index >= 15 is 0 Å². The zero-order valence-corrected chi connectivity index (χ0v) is 13.6. The first-order valence-electron chi connectivity index (χ1n) is 7.46. The Morgan fingerprint density at radius 2 is 1.85 bits per heavy atom. The van der Waals surface area contributed by atoms with Crippen molar-refractivity contribution in [2.45, 2.75) is 51.6 Å². The molecule has 4 heteroatoms. The van der Waals surface area contributed by atoms with Crippen LogP contribution in [-0.4, -0.2) is 11.2 Å². The van der Waals surface area contributed by atoms with Crippen molar-refractivity contribution in [1.29, 1.82) is 0 Å². The normalized spacial score (nSPS) is 22.3. The van der Waals surface area contributed by atoms with Crippen molar-refractivity contribution < 1.29 is 0 Å². The van der Waals surface area contributed by atoms with E-state index in [4.69, 9.17) is 23.8 Å². The molecule has 2 rings (SSSR count). The summed E-state index contributed by atoms with van der Waals surface area (Å²) in [4.78, 5) is 0. The highest BCUT2D eigenvalue weighted by atomic mass is 35.5. The van der Waals surface area contributed by atoms with Crippen molar-refractivity contribution in [3.05, 3.63) is 34.9 Å². The molecular formula is C16H23ClN2S. The zero-order valence-electron chi connectivity index (χ0n) is 12.0. The molecule has 1 aromatic rings. The lowest BCUT2D eigenvalue weighted by molar-refractivity contribution is 0.305. The van der Waals surface area contributed by atoms with E-state index in [-0.39, 0.29) is 0 Å². The highest BCUT2D eigenvalue weighted by Gasteiger charge is 2.20. The summed E-state index contributed by atoms with van der Waals surface area (Å²) < 4.78 is 0. The van der Waals surface area contributed by atoms with E-state index in [0.717, 1.165) is 22.6 Å². The summed E-state index contributed by atoms with van der Waals surface area (Å²) in [7, 11) is 0. The van der Waals surface area contributed by atoms with E-state index in [1.165, 1.54) is 37.7 Å². The van der Waals surface area contributed by atoms with Crippen LogP contribution in [0.25, 0.3) is 0 Å². The van der Waals surface area contributed by atoms with Gasteiger partial charge < -0.3 is 10.6 Å². The molecule has 0 amide bonds. The lowest BCUT2D eigenvalue weighted by Crippen LogP contribution is -2.43. The fourth-order valence-corrected chi connectivity index (χ4v) is 3.10. The Morgan fingerprint density at radius 1 is 1.20 bits per heavy atom. The number of benzene rings is 1. The molecule has 2 nitrogen and oxygen atoms in total. The van der Waals surface area contributed by atoms with Gasteiger partial charge in [-0.1, -0.05) is 37.1 Å². The van der Waals surface area contributed by atoms with E-state index in [1.807, 2.05) is 24.3 Å². The van der Waals surface area contributed by atoms with E-state index in [0.29, 0.717) is 6.04 Å². The SMILES string of the molecule is CCC1CCC(NC(=S)NCc2ccc(Cl)cc2)CC1. The van der Waals surface area contributed by atoms with Crippen LogP contribution in [0, 0.1) is 5.92 Å². The Balaban J connectivity index is 1.69. The molecule has 0 radical (unpaired) electrons. The van der Waals surface area contributed by atoms with Crippen LogP contribution in [0.4, 0.5) is 0 Å². The fraction of sp³-hybridized carbons (Fsp3) is 0.562. The first kappa shape index (κ1) is 15.6. The average Bonchev–Trinajstić information content (AvgIpc) is 2.47. The first-order valence-corrected chi connectivity index (χ1v) is 8.24. The highest BCUT2D eigenvalue weighted by Crippen LogP contribution is 2.26. The monoisotopic (exact) mass is 310 g/mol. The van der Waals surface area contributed by atoms with Gasteiger partial charge in [0.25, 0.3) is 0 Å². The average molecular weight is 311 g/mol. The van der Waals surface area contributed by atoms with Gasteiger partial charge in [0.15, 0.2) is 5.11 Å². The van der Waals surface area contributed by atoms with Gasteiger partial charge in [0, 0.05) is 17.6 Å². The Kier molecular flexibility index (Phi) is 6.11. The molecule has 0 atom stereocenters. The number of halogens is 1. The number of hydrogen-bond acceptors (Lipinski definition) is 1. The van der Waals surface area contributed by atoms with Crippen LogP contribution in [0.1, 0.15) is 44.6 Å². The molecule has 0 spiro atoms. The van der Waals surface area contributed by atoms with Crippen molar-refractivity contribution in [2.24, 2.45) is 5.92 Å². The van der Waals surface area contributed by atoms with E-state index in [9.17, 15) is 0 Å². The molecular weight excluding hydrogens is 288 g/mol. The lowest BCUT2D eigenvalue weighted by atomic mass is 9.85. The Labute approximate surface area is 132 Å². The van der Waals surface area contributed by atoms with Gasteiger partial charge in [-0.05, 0) is 61.5 Å². The van der Waals surface area contributed by atoms with Crippen molar-refractivity contribution in [3.63, 3.8) is 0 Å². The van der Waals surface area contributed by atoms with Crippen LogP contribution in [0.3, 0.4) is 0 Å².